The van der Waals surface area contributed by atoms with Gasteiger partial charge in [0.05, 0.1) is 11.4 Å². The maximum atomic E-state index is 13.3. The second kappa shape index (κ2) is 14.4. The number of amides is 1. The van der Waals surface area contributed by atoms with E-state index in [9.17, 15) is 24.8 Å². The molecule has 14 heteroatoms. The van der Waals surface area contributed by atoms with E-state index < -0.39 is 65.6 Å². The Balaban J connectivity index is 1.86. The van der Waals surface area contributed by atoms with E-state index in [1.807, 2.05) is 6.07 Å². The number of nitrogens with one attached hydrogen (secondary N) is 3. The Hall–Kier alpha value is -3.96. The van der Waals surface area contributed by atoms with Crippen molar-refractivity contribution in [1.82, 2.24) is 10.3 Å². The van der Waals surface area contributed by atoms with E-state index in [0.29, 0.717) is 0 Å². The highest BCUT2D eigenvalue weighted by atomic mass is 16.6. The molecule has 2 heterocycles. The van der Waals surface area contributed by atoms with Crippen molar-refractivity contribution in [3.8, 4) is 6.07 Å². The average Bonchev–Trinajstić information content (AvgIpc) is 3.54. The predicted molar refractivity (Wildman–Crippen MR) is 163 cm³/mol. The van der Waals surface area contributed by atoms with Gasteiger partial charge in [-0.2, -0.15) is 5.26 Å². The molecule has 0 radical (unpaired) electrons. The second-order valence-electron chi connectivity index (χ2n) is 13.6. The number of hydrogen-bond donors (Lipinski definition) is 5. The zero-order chi connectivity index (χ0) is 33.6. The van der Waals surface area contributed by atoms with E-state index >= 15 is 0 Å². The molecule has 1 amide bonds. The third kappa shape index (κ3) is 9.04. The van der Waals surface area contributed by atoms with Crippen LogP contribution in [0, 0.1) is 28.1 Å². The minimum atomic E-state index is -2.06. The van der Waals surface area contributed by atoms with E-state index in [0.717, 1.165) is 38.4 Å². The van der Waals surface area contributed by atoms with Crippen LogP contribution in [0.3, 0.4) is 0 Å². The number of nitrogens with zero attached hydrogens (tertiary/aromatic N) is 2. The van der Waals surface area contributed by atoms with Gasteiger partial charge < -0.3 is 40.1 Å². The number of nitrogens with two attached hydrogens (primary N) is 1. The minimum Gasteiger partial charge on any atom is -0.461 e. The van der Waals surface area contributed by atoms with Crippen LogP contribution < -0.4 is 11.1 Å². The van der Waals surface area contributed by atoms with E-state index in [1.54, 1.807) is 41.5 Å². The van der Waals surface area contributed by atoms with Gasteiger partial charge in [0.25, 0.3) is 0 Å². The Morgan fingerprint density at radius 3 is 2.49 bits per heavy atom. The first kappa shape index (κ1) is 35.5. The summed E-state index contributed by atoms with van der Waals surface area (Å²) in [6, 6.07) is 3.82. The van der Waals surface area contributed by atoms with Crippen LogP contribution in [0.1, 0.15) is 91.5 Å². The van der Waals surface area contributed by atoms with E-state index in [1.165, 1.54) is 12.1 Å². The minimum absolute atomic E-state index is 0.0384. The fourth-order valence-electron chi connectivity index (χ4n) is 5.48. The third-order valence-corrected chi connectivity index (χ3v) is 7.76. The number of carbonyl (C=O) groups is 3. The molecule has 2 fully saturated rings. The molecule has 1 saturated carbocycles. The highest BCUT2D eigenvalue weighted by Crippen LogP contribution is 2.41. The van der Waals surface area contributed by atoms with Crippen molar-refractivity contribution in [3.63, 3.8) is 0 Å². The molecule has 3 rings (SSSR count). The smallest absolute Gasteiger partial charge is 0.408 e. The van der Waals surface area contributed by atoms with Gasteiger partial charge in [0.2, 0.25) is 5.60 Å². The summed E-state index contributed by atoms with van der Waals surface area (Å²) in [5.41, 5.74) is 2.59. The zero-order valence-corrected chi connectivity index (χ0v) is 26.8. The number of esters is 2. The van der Waals surface area contributed by atoms with Crippen molar-refractivity contribution in [2.75, 3.05) is 6.61 Å². The summed E-state index contributed by atoms with van der Waals surface area (Å²) in [6.07, 6.45) is 0.728. The molecule has 45 heavy (non-hydrogen) atoms. The first-order chi connectivity index (χ1) is 21.0. The number of aliphatic imine (C=N–C) groups is 1. The van der Waals surface area contributed by atoms with Crippen molar-refractivity contribution in [2.24, 2.45) is 22.1 Å². The van der Waals surface area contributed by atoms with Crippen molar-refractivity contribution in [1.29, 1.82) is 10.7 Å². The number of aliphatic hydroxyl groups excluding tert-OH is 1. The topological polar surface area (TPSA) is 222 Å². The normalized spacial score (nSPS) is 25.1. The number of carbonyl (C=O) groups excluding carboxylic acids is 3. The summed E-state index contributed by atoms with van der Waals surface area (Å²) in [7, 11) is 0. The molecule has 14 nitrogen and oxygen atoms in total. The Labute approximate surface area is 263 Å². The number of H-pyrrole nitrogens is 1. The van der Waals surface area contributed by atoms with Crippen LogP contribution in [0.4, 0.5) is 4.79 Å². The van der Waals surface area contributed by atoms with Gasteiger partial charge in [0.15, 0.2) is 6.10 Å². The molecule has 6 N–H and O–H groups in total. The molecule has 0 spiro atoms. The lowest BCUT2D eigenvalue weighted by molar-refractivity contribution is -0.163. The van der Waals surface area contributed by atoms with Gasteiger partial charge in [0, 0.05) is 6.42 Å². The van der Waals surface area contributed by atoms with Crippen LogP contribution in [-0.4, -0.2) is 76.9 Å². The van der Waals surface area contributed by atoms with Gasteiger partial charge in [-0.15, -0.1) is 0 Å². The number of aliphatic hydroxyl groups is 1. The van der Waals surface area contributed by atoms with E-state index in [-0.39, 0.29) is 29.6 Å². The Morgan fingerprint density at radius 1 is 1.24 bits per heavy atom. The largest absolute Gasteiger partial charge is 0.461 e. The Bertz CT molecular complexity index is 1300. The van der Waals surface area contributed by atoms with E-state index in [2.05, 4.69) is 15.3 Å². The predicted octanol–water partition coefficient (Wildman–Crippen LogP) is 3.17. The first-order valence-corrected chi connectivity index (χ1v) is 15.2. The molecular weight excluding hydrogens is 584 g/mol. The molecule has 1 saturated heterocycles. The highest BCUT2D eigenvalue weighted by molar-refractivity contribution is 5.99. The summed E-state index contributed by atoms with van der Waals surface area (Å²) < 4.78 is 22.7. The average molecular weight is 631 g/mol. The monoisotopic (exact) mass is 630 g/mol. The molecule has 0 aromatic carbocycles. The lowest BCUT2D eigenvalue weighted by atomic mass is 9.87. The van der Waals surface area contributed by atoms with Crippen molar-refractivity contribution >= 4 is 30.2 Å². The Kier molecular flexibility index (Phi) is 11.4. The van der Waals surface area contributed by atoms with Crippen molar-refractivity contribution < 1.29 is 38.4 Å². The van der Waals surface area contributed by atoms with Gasteiger partial charge in [-0.05, 0) is 57.1 Å². The number of hydrogen-bond acceptors (Lipinski definition) is 10. The van der Waals surface area contributed by atoms with Crippen LogP contribution >= 0.6 is 0 Å². The molecule has 1 aliphatic heterocycles. The van der Waals surface area contributed by atoms with Crippen LogP contribution in [0.15, 0.2) is 17.1 Å². The summed E-state index contributed by atoms with van der Waals surface area (Å²) in [6.45, 7) is 9.78. The fourth-order valence-corrected chi connectivity index (χ4v) is 5.48. The molecular formula is C31H46N6O8. The van der Waals surface area contributed by atoms with Crippen LogP contribution in [0.2, 0.25) is 0 Å². The third-order valence-electron chi connectivity index (χ3n) is 7.76. The van der Waals surface area contributed by atoms with Crippen molar-refractivity contribution in [3.05, 3.63) is 23.5 Å². The number of nitriles is 1. The number of amidine groups is 1. The second-order valence-corrected chi connectivity index (χ2v) is 13.6. The van der Waals surface area contributed by atoms with Gasteiger partial charge in [-0.1, -0.05) is 40.0 Å². The molecule has 0 unspecified atom stereocenters. The fraction of sp³-hybridized carbons (Fsp3) is 0.677. The molecule has 5 atom stereocenters. The maximum absolute atomic E-state index is 13.3. The SMILES string of the molecule is CC(C)(C)OC(=O)N[C@H](C(=O)OC[C@H]1O[C@@](C#N)(c2ccc(/C(N)=N\C=N)[nH]2)[C@H](O)[C@@H]1OC(=O)CC1CCCCC1)C(C)(C)C. The van der Waals surface area contributed by atoms with Gasteiger partial charge in [-0.25, -0.2) is 14.6 Å². The summed E-state index contributed by atoms with van der Waals surface area (Å²) >= 11 is 0. The molecule has 248 valence electrons. The number of rotatable bonds is 10. The van der Waals surface area contributed by atoms with E-state index in [4.69, 9.17) is 30.1 Å². The van der Waals surface area contributed by atoms with Crippen LogP contribution in [0.25, 0.3) is 0 Å². The summed E-state index contributed by atoms with van der Waals surface area (Å²) in [5, 5.41) is 31.5. The summed E-state index contributed by atoms with van der Waals surface area (Å²) in [5.74, 6) is -1.26. The molecule has 1 aliphatic carbocycles. The zero-order valence-electron chi connectivity index (χ0n) is 26.8. The number of alkyl carbamates (subject to hydrolysis) is 1. The number of aromatic amines is 1. The maximum Gasteiger partial charge on any atom is 0.408 e. The molecule has 1 aromatic rings. The van der Waals surface area contributed by atoms with Crippen LogP contribution in [-0.2, 0) is 34.1 Å². The molecule has 2 aliphatic rings. The van der Waals surface area contributed by atoms with Gasteiger partial charge in [-0.3, -0.25) is 10.2 Å². The molecule has 1 aromatic heterocycles. The molecule has 0 bridgehead atoms. The standard InChI is InChI=1S/C31H46N6O8/c1-29(2,3)24(37-28(41)45-30(4,5)6)27(40)42-15-20-23(43-22(38)14-18-10-8-7-9-11-18)25(39)31(16-32,44-20)21-13-12-19(36-21)26(34)35-17-33/h12-13,17-18,20,23-25,36,39H,7-11,14-15H2,1-6H3,(H,37,41)(H3,33,34,35)/t20-,23-,24-,25-,31+/m1/s1. The van der Waals surface area contributed by atoms with Gasteiger partial charge >= 0.3 is 18.0 Å². The quantitative estimate of drug-likeness (QED) is 0.110. The highest BCUT2D eigenvalue weighted by Gasteiger charge is 2.59. The lowest BCUT2D eigenvalue weighted by Gasteiger charge is -2.31. The summed E-state index contributed by atoms with van der Waals surface area (Å²) in [4.78, 5) is 45.5. The van der Waals surface area contributed by atoms with Crippen molar-refractivity contribution in [2.45, 2.75) is 116 Å². The Morgan fingerprint density at radius 2 is 1.91 bits per heavy atom. The van der Waals surface area contributed by atoms with Gasteiger partial charge in [0.1, 0.15) is 48.7 Å². The first-order valence-electron chi connectivity index (χ1n) is 15.2. The van der Waals surface area contributed by atoms with Crippen LogP contribution in [0.5, 0.6) is 0 Å². The lowest BCUT2D eigenvalue weighted by Crippen LogP contribution is -2.51. The number of ether oxygens (including phenoxy) is 4. The number of aromatic nitrogens is 1.